The van der Waals surface area contributed by atoms with E-state index in [4.69, 9.17) is 11.0 Å². The molecule has 2 rings (SSSR count). The number of imide groups is 1. The predicted octanol–water partition coefficient (Wildman–Crippen LogP) is -0.824. The first-order valence-corrected chi connectivity index (χ1v) is 7.37. The molecular weight excluding hydrogens is 296 g/mol. The van der Waals surface area contributed by atoms with Gasteiger partial charge in [0.1, 0.15) is 12.1 Å². The van der Waals surface area contributed by atoms with E-state index in [0.717, 1.165) is 4.90 Å². The number of anilines is 1. The molecule has 8 nitrogen and oxygen atoms in total. The summed E-state index contributed by atoms with van der Waals surface area (Å²) < 4.78 is 26.7. The highest BCUT2D eigenvalue weighted by Gasteiger charge is 2.39. The number of nitriles is 1. The third kappa shape index (κ3) is 2.72. The minimum atomic E-state index is -4.11. The van der Waals surface area contributed by atoms with Crippen LogP contribution in [0.5, 0.6) is 0 Å². The number of rotatable bonds is 3. The Kier molecular flexibility index (Phi) is 3.67. The highest BCUT2D eigenvalue weighted by molar-refractivity contribution is 7.89. The second-order valence-corrected chi connectivity index (χ2v) is 6.22. The monoisotopic (exact) mass is 308 g/mol. The van der Waals surface area contributed by atoms with Crippen LogP contribution in [0.3, 0.4) is 0 Å². The Morgan fingerprint density at radius 3 is 2.62 bits per heavy atom. The predicted molar refractivity (Wildman–Crippen MR) is 72.1 cm³/mol. The van der Waals surface area contributed by atoms with Gasteiger partial charge >= 0.3 is 0 Å². The lowest BCUT2D eigenvalue weighted by molar-refractivity contribution is -0.137. The molecule has 9 heteroatoms. The lowest BCUT2D eigenvalue weighted by Crippen LogP contribution is -2.40. The molecule has 1 aliphatic rings. The smallest absolute Gasteiger partial charge is 0.247 e. The van der Waals surface area contributed by atoms with Gasteiger partial charge in [-0.1, -0.05) is 0 Å². The number of carbonyl (C=O) groups is 2. The average Bonchev–Trinajstić information content (AvgIpc) is 2.65. The number of amides is 2. The summed E-state index contributed by atoms with van der Waals surface area (Å²) in [5.74, 6) is -1.09. The number of carbonyl (C=O) groups excluding carboxylic acids is 2. The second kappa shape index (κ2) is 5.16. The van der Waals surface area contributed by atoms with E-state index in [9.17, 15) is 18.0 Å². The average molecular weight is 308 g/mol. The fraction of sp³-hybridized carbons (Fsp3) is 0.250. The van der Waals surface area contributed by atoms with Crippen LogP contribution in [-0.4, -0.2) is 38.2 Å². The molecule has 1 fully saturated rings. The van der Waals surface area contributed by atoms with Gasteiger partial charge in [0.25, 0.3) is 0 Å². The van der Waals surface area contributed by atoms with Crippen molar-refractivity contribution < 1.29 is 18.0 Å². The summed E-state index contributed by atoms with van der Waals surface area (Å²) in [4.78, 5) is 23.7. The first kappa shape index (κ1) is 15.0. The molecule has 1 saturated heterocycles. The molecule has 1 heterocycles. The molecule has 21 heavy (non-hydrogen) atoms. The zero-order valence-corrected chi connectivity index (χ0v) is 11.8. The largest absolute Gasteiger partial charge is 0.399 e. The number of nitrogens with two attached hydrogens (primary N) is 1. The van der Waals surface area contributed by atoms with Crippen LogP contribution in [0.1, 0.15) is 12.0 Å². The van der Waals surface area contributed by atoms with Crippen LogP contribution in [0.4, 0.5) is 5.69 Å². The zero-order valence-electron chi connectivity index (χ0n) is 11.0. The fourth-order valence-corrected chi connectivity index (χ4v) is 3.29. The van der Waals surface area contributed by atoms with Gasteiger partial charge in [0.05, 0.1) is 16.9 Å². The molecule has 1 aromatic rings. The summed E-state index contributed by atoms with van der Waals surface area (Å²) in [5.41, 5.74) is 5.61. The molecule has 1 unspecified atom stereocenters. The van der Waals surface area contributed by atoms with Gasteiger partial charge < -0.3 is 5.73 Å². The summed E-state index contributed by atoms with van der Waals surface area (Å²) in [6.45, 7) is 0. The van der Waals surface area contributed by atoms with Gasteiger partial charge in [-0.25, -0.2) is 8.42 Å². The molecule has 0 saturated carbocycles. The van der Waals surface area contributed by atoms with Crippen molar-refractivity contribution in [3.05, 3.63) is 23.8 Å². The quantitative estimate of drug-likeness (QED) is 0.553. The van der Waals surface area contributed by atoms with E-state index in [1.165, 1.54) is 25.2 Å². The summed E-state index contributed by atoms with van der Waals surface area (Å²) in [5, 5.41) is 8.98. The van der Waals surface area contributed by atoms with Crippen molar-refractivity contribution in [1.82, 2.24) is 9.62 Å². The topological polar surface area (TPSA) is 133 Å². The van der Waals surface area contributed by atoms with Gasteiger partial charge in [-0.2, -0.15) is 9.98 Å². The van der Waals surface area contributed by atoms with E-state index in [1.54, 1.807) is 6.07 Å². The third-order valence-electron chi connectivity index (χ3n) is 3.09. The van der Waals surface area contributed by atoms with E-state index in [-0.39, 0.29) is 22.6 Å². The Bertz CT molecular complexity index is 766. The van der Waals surface area contributed by atoms with Gasteiger partial charge in [0.2, 0.25) is 21.8 Å². The van der Waals surface area contributed by atoms with Crippen LogP contribution in [0.2, 0.25) is 0 Å². The van der Waals surface area contributed by atoms with E-state index in [1.807, 2.05) is 0 Å². The van der Waals surface area contributed by atoms with Crippen molar-refractivity contribution in [2.75, 3.05) is 12.8 Å². The molecule has 3 N–H and O–H groups in total. The molecule has 0 spiro atoms. The van der Waals surface area contributed by atoms with Crippen molar-refractivity contribution in [3.63, 3.8) is 0 Å². The number of likely N-dealkylation sites (N-methyl/N-ethyl adjacent to an activating group) is 1. The number of nitrogen functional groups attached to an aromatic ring is 1. The minimum Gasteiger partial charge on any atom is -0.399 e. The Hall–Kier alpha value is -2.44. The first-order chi connectivity index (χ1) is 9.76. The number of nitrogens with one attached hydrogen (secondary N) is 1. The van der Waals surface area contributed by atoms with Crippen LogP contribution in [0.25, 0.3) is 0 Å². The lowest BCUT2D eigenvalue weighted by Gasteiger charge is -2.12. The third-order valence-corrected chi connectivity index (χ3v) is 4.62. The Morgan fingerprint density at radius 2 is 2.10 bits per heavy atom. The summed E-state index contributed by atoms with van der Waals surface area (Å²) in [7, 11) is -2.83. The van der Waals surface area contributed by atoms with Crippen molar-refractivity contribution in [1.29, 1.82) is 5.26 Å². The van der Waals surface area contributed by atoms with Crippen LogP contribution in [-0.2, 0) is 19.6 Å². The van der Waals surface area contributed by atoms with Crippen molar-refractivity contribution in [2.24, 2.45) is 0 Å². The first-order valence-electron chi connectivity index (χ1n) is 5.88. The van der Waals surface area contributed by atoms with Gasteiger partial charge in [-0.3, -0.25) is 14.5 Å². The highest BCUT2D eigenvalue weighted by Crippen LogP contribution is 2.20. The molecule has 0 aliphatic carbocycles. The van der Waals surface area contributed by atoms with Gasteiger partial charge in [0.15, 0.2) is 0 Å². The Labute approximate surface area is 121 Å². The second-order valence-electron chi connectivity index (χ2n) is 4.54. The summed E-state index contributed by atoms with van der Waals surface area (Å²) in [6, 6.07) is 4.32. The van der Waals surface area contributed by atoms with E-state index < -0.39 is 27.9 Å². The normalized spacial score (nSPS) is 18.9. The molecule has 2 amide bonds. The van der Waals surface area contributed by atoms with Crippen LogP contribution < -0.4 is 10.5 Å². The zero-order chi connectivity index (χ0) is 15.8. The van der Waals surface area contributed by atoms with Crippen molar-refractivity contribution in [2.45, 2.75) is 17.4 Å². The summed E-state index contributed by atoms with van der Waals surface area (Å²) in [6.07, 6.45) is -0.245. The maximum atomic E-state index is 12.3. The lowest BCUT2D eigenvalue weighted by atomic mass is 10.2. The van der Waals surface area contributed by atoms with E-state index in [2.05, 4.69) is 4.72 Å². The maximum Gasteiger partial charge on any atom is 0.247 e. The molecule has 0 aromatic heterocycles. The molecular formula is C12H12N4O4S. The Balaban J connectivity index is 2.35. The van der Waals surface area contributed by atoms with Crippen LogP contribution in [0.15, 0.2) is 23.1 Å². The molecule has 1 aromatic carbocycles. The number of nitrogens with zero attached hydrogens (tertiary/aromatic N) is 2. The van der Waals surface area contributed by atoms with Crippen LogP contribution in [0, 0.1) is 11.3 Å². The van der Waals surface area contributed by atoms with E-state index >= 15 is 0 Å². The standard InChI is InChI=1S/C12H12N4O4S/c1-16-11(17)5-9(12(16)18)15-21(19,20)10-3-2-8(14)4-7(10)6-13/h2-4,9,15H,5,14H2,1H3. The van der Waals surface area contributed by atoms with E-state index in [0.29, 0.717) is 0 Å². The minimum absolute atomic E-state index is 0.132. The number of benzene rings is 1. The van der Waals surface area contributed by atoms with Gasteiger partial charge in [-0.05, 0) is 18.2 Å². The SMILES string of the molecule is CN1C(=O)CC(NS(=O)(=O)c2ccc(N)cc2C#N)C1=O. The molecule has 1 aliphatic heterocycles. The molecule has 0 radical (unpaired) electrons. The van der Waals surface area contributed by atoms with Crippen molar-refractivity contribution in [3.8, 4) is 6.07 Å². The number of hydrogen-bond acceptors (Lipinski definition) is 6. The molecule has 1 atom stereocenters. The maximum absolute atomic E-state index is 12.3. The highest BCUT2D eigenvalue weighted by atomic mass is 32.2. The number of sulfonamides is 1. The number of hydrogen-bond donors (Lipinski definition) is 2. The Morgan fingerprint density at radius 1 is 1.43 bits per heavy atom. The van der Waals surface area contributed by atoms with Crippen LogP contribution >= 0.6 is 0 Å². The number of likely N-dealkylation sites (tertiary alicyclic amines) is 1. The summed E-state index contributed by atoms with van der Waals surface area (Å²) >= 11 is 0. The fourth-order valence-electron chi connectivity index (χ4n) is 1.97. The van der Waals surface area contributed by atoms with Gasteiger partial charge in [-0.15, -0.1) is 0 Å². The molecule has 0 bridgehead atoms. The van der Waals surface area contributed by atoms with Gasteiger partial charge in [0, 0.05) is 12.7 Å². The van der Waals surface area contributed by atoms with Crippen molar-refractivity contribution >= 4 is 27.5 Å². The molecule has 110 valence electrons.